The van der Waals surface area contributed by atoms with Crippen LogP contribution in [-0.4, -0.2) is 44.2 Å². The van der Waals surface area contributed by atoms with Crippen LogP contribution in [0.5, 0.6) is 23.0 Å². The van der Waals surface area contributed by atoms with E-state index in [0.717, 1.165) is 35.8 Å². The first-order valence-electron chi connectivity index (χ1n) is 10.1. The van der Waals surface area contributed by atoms with E-state index in [0.29, 0.717) is 0 Å². The average molecular weight is 500 g/mol. The van der Waals surface area contributed by atoms with Crippen LogP contribution >= 0.6 is 0 Å². The van der Waals surface area contributed by atoms with E-state index in [9.17, 15) is 0 Å². The van der Waals surface area contributed by atoms with E-state index in [1.807, 2.05) is 12.1 Å². The first kappa shape index (κ1) is 17.9. The Labute approximate surface area is 194 Å². The molecule has 4 aromatic carbocycles. The molecule has 2 aliphatic rings. The minimum absolute atomic E-state index is 0.968. The minimum atomic E-state index is -1.60. The van der Waals surface area contributed by atoms with Crippen molar-refractivity contribution in [2.45, 2.75) is 12.8 Å². The Hall–Kier alpha value is -1.95. The van der Waals surface area contributed by atoms with Crippen molar-refractivity contribution in [1.82, 2.24) is 0 Å². The summed E-state index contributed by atoms with van der Waals surface area (Å²) in [5.41, 5.74) is 5.35. The van der Waals surface area contributed by atoms with E-state index in [1.165, 1.54) is 22.3 Å². The van der Waals surface area contributed by atoms with E-state index in [-0.39, 0.29) is 0 Å². The van der Waals surface area contributed by atoms with Crippen LogP contribution in [0.2, 0.25) is 0 Å². The van der Waals surface area contributed by atoms with Crippen LogP contribution in [0.15, 0.2) is 84.9 Å². The fourth-order valence-electron chi connectivity index (χ4n) is 4.47. The van der Waals surface area contributed by atoms with Gasteiger partial charge in [0.15, 0.2) is 0 Å². The van der Waals surface area contributed by atoms with Gasteiger partial charge in [-0.3, -0.25) is 0 Å². The van der Waals surface area contributed by atoms with Crippen molar-refractivity contribution in [1.29, 1.82) is 0 Å². The van der Waals surface area contributed by atoms with Crippen molar-refractivity contribution < 1.29 is 9.47 Å². The first-order chi connectivity index (χ1) is 14.3. The molecule has 4 aromatic rings. The van der Waals surface area contributed by atoms with Crippen LogP contribution in [0, 0.1) is 0 Å². The molecule has 0 saturated carbocycles. The van der Waals surface area contributed by atoms with Crippen LogP contribution in [0.25, 0.3) is 0 Å². The van der Waals surface area contributed by atoms with Crippen LogP contribution < -0.4 is 9.54 Å². The van der Waals surface area contributed by atoms with Gasteiger partial charge in [0.25, 0.3) is 0 Å². The van der Waals surface area contributed by atoms with Crippen molar-refractivity contribution in [3.8, 4) is 23.0 Å². The molecule has 6 rings (SSSR count). The molecule has 2 heterocycles. The summed E-state index contributed by atoms with van der Waals surface area (Å²) in [6.07, 6.45) is 1.94. The molecule has 29 heavy (non-hydrogen) atoms. The Balaban J connectivity index is 1.38. The summed E-state index contributed by atoms with van der Waals surface area (Å²) >= 11 is -1.60. The molecule has 0 amide bonds. The van der Waals surface area contributed by atoms with Crippen LogP contribution in [0.3, 0.4) is 0 Å². The molecule has 0 radical (unpaired) electrons. The summed E-state index contributed by atoms with van der Waals surface area (Å²) in [4.78, 5) is 0. The van der Waals surface area contributed by atoms with E-state index in [2.05, 4.69) is 72.8 Å². The summed E-state index contributed by atoms with van der Waals surface area (Å²) in [5.74, 6) is 4.06. The van der Waals surface area contributed by atoms with Gasteiger partial charge < -0.3 is 0 Å². The van der Waals surface area contributed by atoms with Gasteiger partial charge in [-0.05, 0) is 0 Å². The molecule has 0 spiro atoms. The van der Waals surface area contributed by atoms with Crippen LogP contribution in [0.1, 0.15) is 22.3 Å². The molecule has 0 saturated heterocycles. The zero-order chi connectivity index (χ0) is 19.2. The standard InChI is InChI=1S/2C13H9O.Ba/c2*1-3-7-12-10(5-1)9-11-6-2-4-8-13(11)14-12;/h2*1-5,7-8H,9H2;. The van der Waals surface area contributed by atoms with Gasteiger partial charge in [-0.1, -0.05) is 0 Å². The second-order valence-corrected chi connectivity index (χ2v) is 13.6. The van der Waals surface area contributed by atoms with Crippen molar-refractivity contribution in [3.63, 3.8) is 0 Å². The second-order valence-electron chi connectivity index (χ2n) is 7.74. The predicted molar refractivity (Wildman–Crippen MR) is 117 cm³/mol. The summed E-state index contributed by atoms with van der Waals surface area (Å²) in [5, 5.41) is 0. The molecule has 136 valence electrons. The Kier molecular flexibility index (Phi) is 4.55. The maximum atomic E-state index is 6.23. The topological polar surface area (TPSA) is 18.5 Å². The molecule has 0 aliphatic carbocycles. The molecular weight excluding hydrogens is 482 g/mol. The van der Waals surface area contributed by atoms with Crippen LogP contribution in [-0.2, 0) is 12.8 Å². The number of rotatable bonds is 2. The number of fused-ring (bicyclic) bond motifs is 4. The summed E-state index contributed by atoms with van der Waals surface area (Å²) in [7, 11) is 0. The van der Waals surface area contributed by atoms with Gasteiger partial charge in [-0.2, -0.15) is 0 Å². The third kappa shape index (κ3) is 3.25. The van der Waals surface area contributed by atoms with Crippen molar-refractivity contribution in [2.75, 3.05) is 0 Å². The second kappa shape index (κ2) is 7.39. The Morgan fingerprint density at radius 3 is 1.45 bits per heavy atom. The molecule has 0 unspecified atom stereocenters. The van der Waals surface area contributed by atoms with Gasteiger partial charge >= 0.3 is 197 Å². The van der Waals surface area contributed by atoms with Gasteiger partial charge in [0, 0.05) is 0 Å². The first-order valence-corrected chi connectivity index (χ1v) is 14.5. The van der Waals surface area contributed by atoms with E-state index in [4.69, 9.17) is 9.47 Å². The van der Waals surface area contributed by atoms with E-state index in [1.54, 1.807) is 0.0628 Å². The summed E-state index contributed by atoms with van der Waals surface area (Å²) in [6.45, 7) is 0. The quantitative estimate of drug-likeness (QED) is 0.321. The molecule has 0 N–H and O–H groups in total. The van der Waals surface area contributed by atoms with Gasteiger partial charge in [0.05, 0.1) is 0 Å². The van der Waals surface area contributed by atoms with Crippen molar-refractivity contribution >= 4 is 44.2 Å². The summed E-state index contributed by atoms with van der Waals surface area (Å²) in [6, 6.07) is 30.0. The molecule has 2 nitrogen and oxygen atoms in total. The maximum absolute atomic E-state index is 6.23. The third-order valence-electron chi connectivity index (χ3n) is 5.96. The fraction of sp³-hybridized carbons (Fsp3) is 0.0769. The van der Waals surface area contributed by atoms with E-state index >= 15 is 0 Å². The molecular formula is C26H18BaO2. The zero-order valence-corrected chi connectivity index (χ0v) is 20.5. The molecule has 3 heteroatoms. The number of ether oxygens (including phenoxy) is 2. The Bertz CT molecular complexity index is 1150. The summed E-state index contributed by atoms with van der Waals surface area (Å²) < 4.78 is 15.5. The number of hydrogen-bond donors (Lipinski definition) is 0. The van der Waals surface area contributed by atoms with Crippen molar-refractivity contribution in [3.05, 3.63) is 107 Å². The van der Waals surface area contributed by atoms with Gasteiger partial charge in [0.1, 0.15) is 0 Å². The van der Waals surface area contributed by atoms with Gasteiger partial charge in [0.2, 0.25) is 0 Å². The molecule has 0 bridgehead atoms. The normalized spacial score (nSPS) is 13.0. The number of hydrogen-bond acceptors (Lipinski definition) is 2. The average Bonchev–Trinajstić information content (AvgIpc) is 2.77. The van der Waals surface area contributed by atoms with E-state index < -0.39 is 44.2 Å². The SMILES string of the molecule is c1ccc2c(c1)Cc1c(ccc[c]1[Ba][c]1cccc3c1Cc1ccccc1O3)O2. The number of benzene rings is 4. The zero-order valence-electron chi connectivity index (χ0n) is 16.0. The molecule has 0 fully saturated rings. The number of para-hydroxylation sites is 2. The predicted octanol–water partition coefficient (Wildman–Crippen LogP) is 4.73. The van der Waals surface area contributed by atoms with Gasteiger partial charge in [-0.25, -0.2) is 0 Å². The van der Waals surface area contributed by atoms with Gasteiger partial charge in [-0.15, -0.1) is 0 Å². The molecule has 0 aromatic heterocycles. The fourth-order valence-corrected chi connectivity index (χ4v) is 10.6. The van der Waals surface area contributed by atoms with Crippen LogP contribution in [0.4, 0.5) is 0 Å². The monoisotopic (exact) mass is 500 g/mol. The Morgan fingerprint density at radius 2 is 0.931 bits per heavy atom. The molecule has 0 atom stereocenters. The third-order valence-corrected chi connectivity index (χ3v) is 12.5. The van der Waals surface area contributed by atoms with Crippen molar-refractivity contribution in [2.24, 2.45) is 0 Å². The Morgan fingerprint density at radius 1 is 0.483 bits per heavy atom. The molecule has 2 aliphatic heterocycles.